The topological polar surface area (TPSA) is 12.4 Å². The van der Waals surface area contributed by atoms with Crippen LogP contribution in [0.5, 0.6) is 0 Å². The van der Waals surface area contributed by atoms with Gasteiger partial charge >= 0.3 is 0 Å². The molecule has 0 N–H and O–H groups in total. The second-order valence-corrected chi connectivity index (χ2v) is 3.10. The number of hydrogen-bond donors (Lipinski definition) is 0. The Kier molecular flexibility index (Phi) is 4.84. The van der Waals surface area contributed by atoms with E-state index < -0.39 is 0 Å². The summed E-state index contributed by atoms with van der Waals surface area (Å²) in [5, 5.41) is 0. The van der Waals surface area contributed by atoms with E-state index in [0.29, 0.717) is 12.0 Å². The van der Waals surface area contributed by atoms with Gasteiger partial charge in [-0.3, -0.25) is 4.99 Å². The van der Waals surface area contributed by atoms with Crippen molar-refractivity contribution in [1.82, 2.24) is 0 Å². The van der Waals surface area contributed by atoms with Crippen molar-refractivity contribution in [2.24, 2.45) is 10.9 Å². The average molecular weight is 153 g/mol. The van der Waals surface area contributed by atoms with Crippen molar-refractivity contribution in [2.75, 3.05) is 0 Å². The molecule has 0 spiro atoms. The Bertz CT molecular complexity index is 147. The first-order chi connectivity index (χ1) is 5.11. The van der Waals surface area contributed by atoms with Gasteiger partial charge < -0.3 is 0 Å². The third kappa shape index (κ3) is 3.97. The minimum atomic E-state index is 0.429. The van der Waals surface area contributed by atoms with E-state index >= 15 is 0 Å². The van der Waals surface area contributed by atoms with Crippen LogP contribution in [-0.2, 0) is 0 Å². The van der Waals surface area contributed by atoms with E-state index in [0.717, 1.165) is 5.71 Å². The molecule has 11 heavy (non-hydrogen) atoms. The number of aliphatic imine (C=N–C) groups is 1. The van der Waals surface area contributed by atoms with E-state index in [4.69, 9.17) is 0 Å². The lowest BCUT2D eigenvalue weighted by molar-refractivity contribution is 0.472. The lowest BCUT2D eigenvalue weighted by Crippen LogP contribution is -2.11. The molecule has 0 rings (SSSR count). The first kappa shape index (κ1) is 10.4. The Morgan fingerprint density at radius 1 is 1.55 bits per heavy atom. The van der Waals surface area contributed by atoms with Crippen molar-refractivity contribution in [3.8, 4) is 0 Å². The van der Waals surface area contributed by atoms with Crippen LogP contribution < -0.4 is 0 Å². The molecule has 0 saturated heterocycles. The van der Waals surface area contributed by atoms with E-state index in [9.17, 15) is 0 Å². The molecule has 2 unspecified atom stereocenters. The van der Waals surface area contributed by atoms with Gasteiger partial charge in [0.15, 0.2) is 0 Å². The van der Waals surface area contributed by atoms with Gasteiger partial charge in [0.2, 0.25) is 0 Å². The maximum Gasteiger partial charge on any atom is 0.0500 e. The van der Waals surface area contributed by atoms with Gasteiger partial charge in [0.05, 0.1) is 0 Å². The van der Waals surface area contributed by atoms with Crippen molar-refractivity contribution in [1.29, 1.82) is 0 Å². The third-order valence-electron chi connectivity index (χ3n) is 2.17. The van der Waals surface area contributed by atoms with Gasteiger partial charge in [-0.15, -0.1) is 0 Å². The fourth-order valence-corrected chi connectivity index (χ4v) is 0.842. The normalized spacial score (nSPS) is 17.6. The van der Waals surface area contributed by atoms with Gasteiger partial charge in [0.1, 0.15) is 0 Å². The molecule has 0 aliphatic heterocycles. The molecule has 0 aromatic carbocycles. The van der Waals surface area contributed by atoms with Crippen LogP contribution in [0, 0.1) is 5.92 Å². The smallest absolute Gasteiger partial charge is 0.0500 e. The highest BCUT2D eigenvalue weighted by Crippen LogP contribution is 2.10. The summed E-state index contributed by atoms with van der Waals surface area (Å²) in [4.78, 5) is 4.46. The summed E-state index contributed by atoms with van der Waals surface area (Å²) in [7, 11) is 0. The van der Waals surface area contributed by atoms with Crippen LogP contribution in [0.2, 0.25) is 0 Å². The van der Waals surface area contributed by atoms with Crippen molar-refractivity contribution < 1.29 is 0 Å². The summed E-state index contributed by atoms with van der Waals surface area (Å²) >= 11 is 0. The number of rotatable bonds is 4. The molecule has 0 saturated carbocycles. The van der Waals surface area contributed by atoms with Crippen LogP contribution in [0.25, 0.3) is 0 Å². The molecule has 2 atom stereocenters. The van der Waals surface area contributed by atoms with E-state index in [2.05, 4.69) is 32.3 Å². The molecule has 64 valence electrons. The summed E-state index contributed by atoms with van der Waals surface area (Å²) in [6.45, 7) is 12.2. The van der Waals surface area contributed by atoms with Gasteiger partial charge in [-0.1, -0.05) is 26.8 Å². The highest BCUT2D eigenvalue weighted by atomic mass is 14.8. The monoisotopic (exact) mass is 153 g/mol. The zero-order valence-corrected chi connectivity index (χ0v) is 8.09. The second kappa shape index (κ2) is 5.11. The lowest BCUT2D eigenvalue weighted by atomic mass is 10.0. The fourth-order valence-electron chi connectivity index (χ4n) is 0.842. The molecule has 0 aromatic rings. The lowest BCUT2D eigenvalue weighted by Gasteiger charge is -2.13. The quantitative estimate of drug-likeness (QED) is 0.550. The SMILES string of the molecule is C=CC(C)=NC(C)C(C)CC. The highest BCUT2D eigenvalue weighted by Gasteiger charge is 2.07. The first-order valence-electron chi connectivity index (χ1n) is 4.28. The summed E-state index contributed by atoms with van der Waals surface area (Å²) in [6.07, 6.45) is 2.99. The van der Waals surface area contributed by atoms with E-state index in [1.165, 1.54) is 6.42 Å². The summed E-state index contributed by atoms with van der Waals surface area (Å²) < 4.78 is 0. The summed E-state index contributed by atoms with van der Waals surface area (Å²) in [5.41, 5.74) is 1.04. The van der Waals surface area contributed by atoms with Crippen LogP contribution in [0.15, 0.2) is 17.6 Å². The van der Waals surface area contributed by atoms with Gasteiger partial charge in [0.25, 0.3) is 0 Å². The summed E-state index contributed by atoms with van der Waals surface area (Å²) in [6, 6.07) is 0.429. The number of allylic oxidation sites excluding steroid dienone is 1. The van der Waals surface area contributed by atoms with Crippen LogP contribution in [0.4, 0.5) is 0 Å². The van der Waals surface area contributed by atoms with Gasteiger partial charge in [-0.05, 0) is 25.8 Å². The van der Waals surface area contributed by atoms with Crippen molar-refractivity contribution in [3.05, 3.63) is 12.7 Å². The van der Waals surface area contributed by atoms with Crippen molar-refractivity contribution >= 4 is 5.71 Å². The molecule has 0 radical (unpaired) electrons. The standard InChI is InChI=1S/C10H19N/c1-6-8(3)10(5)11-9(4)7-2/h7-8,10H,2,6H2,1,3-5H3. The molecule has 0 aliphatic rings. The maximum atomic E-state index is 4.46. The molecule has 0 amide bonds. The third-order valence-corrected chi connectivity index (χ3v) is 2.17. The van der Waals surface area contributed by atoms with Crippen LogP contribution in [0.1, 0.15) is 34.1 Å². The number of nitrogens with zero attached hydrogens (tertiary/aromatic N) is 1. The van der Waals surface area contributed by atoms with E-state index in [-0.39, 0.29) is 0 Å². The van der Waals surface area contributed by atoms with E-state index in [1.807, 2.05) is 6.92 Å². The van der Waals surface area contributed by atoms with Crippen LogP contribution in [-0.4, -0.2) is 11.8 Å². The number of hydrogen-bond acceptors (Lipinski definition) is 1. The molecular weight excluding hydrogens is 134 g/mol. The Balaban J connectivity index is 4.03. The van der Waals surface area contributed by atoms with Gasteiger partial charge in [-0.2, -0.15) is 0 Å². The zero-order valence-electron chi connectivity index (χ0n) is 8.09. The first-order valence-corrected chi connectivity index (χ1v) is 4.28. The molecular formula is C10H19N. The Labute approximate surface area is 70.2 Å². The van der Waals surface area contributed by atoms with Gasteiger partial charge in [0, 0.05) is 11.8 Å². The Morgan fingerprint density at radius 2 is 2.09 bits per heavy atom. The van der Waals surface area contributed by atoms with Crippen molar-refractivity contribution in [3.63, 3.8) is 0 Å². The molecule has 1 nitrogen and oxygen atoms in total. The molecule has 1 heteroatoms. The molecule has 0 aromatic heterocycles. The predicted molar refractivity (Wildman–Crippen MR) is 52.2 cm³/mol. The predicted octanol–water partition coefficient (Wildman–Crippen LogP) is 3.07. The Hall–Kier alpha value is -0.590. The minimum absolute atomic E-state index is 0.429. The minimum Gasteiger partial charge on any atom is -0.287 e. The maximum absolute atomic E-state index is 4.46. The molecule has 0 heterocycles. The second-order valence-electron chi connectivity index (χ2n) is 3.10. The fraction of sp³-hybridized carbons (Fsp3) is 0.700. The van der Waals surface area contributed by atoms with Crippen LogP contribution >= 0.6 is 0 Å². The highest BCUT2D eigenvalue weighted by molar-refractivity contribution is 5.92. The van der Waals surface area contributed by atoms with Crippen molar-refractivity contribution in [2.45, 2.75) is 40.2 Å². The molecule has 0 fully saturated rings. The molecule has 0 bridgehead atoms. The molecule has 0 aliphatic carbocycles. The summed E-state index contributed by atoms with van der Waals surface area (Å²) in [5.74, 6) is 0.671. The van der Waals surface area contributed by atoms with Crippen LogP contribution in [0.3, 0.4) is 0 Å². The van der Waals surface area contributed by atoms with Gasteiger partial charge in [-0.25, -0.2) is 0 Å². The zero-order chi connectivity index (χ0) is 8.85. The Morgan fingerprint density at radius 3 is 2.45 bits per heavy atom. The largest absolute Gasteiger partial charge is 0.287 e. The van der Waals surface area contributed by atoms with E-state index in [1.54, 1.807) is 6.08 Å². The average Bonchev–Trinajstić information content (AvgIpc) is 2.02.